The number of nitrogens with zero attached hydrogens (tertiary/aromatic N) is 5. The number of thioether (sulfide) groups is 1. The minimum Gasteiger partial charge on any atom is -0.486 e. The van der Waals surface area contributed by atoms with Gasteiger partial charge in [-0.05, 0) is 60.7 Å². The summed E-state index contributed by atoms with van der Waals surface area (Å²) in [6, 6.07) is 24.7. The molecule has 0 spiro atoms. The van der Waals surface area contributed by atoms with Crippen molar-refractivity contribution in [1.82, 2.24) is 14.5 Å². The molecule has 7 rings (SSSR count). The predicted octanol–water partition coefficient (Wildman–Crippen LogP) is 5.88. The lowest BCUT2D eigenvalue weighted by Gasteiger charge is -2.38. The van der Waals surface area contributed by atoms with Crippen LogP contribution < -0.4 is 20.1 Å². The molecule has 0 radical (unpaired) electrons. The number of hydrogen-bond acceptors (Lipinski definition) is 9. The topological polar surface area (TPSA) is 99.0 Å². The summed E-state index contributed by atoms with van der Waals surface area (Å²) in [7, 11) is 0. The van der Waals surface area contributed by atoms with E-state index >= 15 is 0 Å². The number of carbonyl (C=O) groups excluding carboxylic acids is 1. The Hall–Kier alpha value is -4.87. The van der Waals surface area contributed by atoms with E-state index in [0.29, 0.717) is 65.3 Å². The average Bonchev–Trinajstić information content (AvgIpc) is 3.05. The molecule has 10 nitrogen and oxygen atoms in total. The van der Waals surface area contributed by atoms with E-state index < -0.39 is 6.09 Å². The normalized spacial score (nSPS) is 14.6. The van der Waals surface area contributed by atoms with Crippen LogP contribution in [0, 0.1) is 6.92 Å². The quantitative estimate of drug-likeness (QED) is 0.163. The highest BCUT2D eigenvalue weighted by atomic mass is 32.2. The third kappa shape index (κ3) is 5.60. The molecule has 3 aromatic carbocycles. The monoisotopic (exact) mass is 621 g/mol. The molecule has 228 valence electrons. The van der Waals surface area contributed by atoms with Gasteiger partial charge in [0.2, 0.25) is 0 Å². The van der Waals surface area contributed by atoms with Gasteiger partial charge in [0.1, 0.15) is 24.1 Å². The Balaban J connectivity index is 1.28. The minimum absolute atomic E-state index is 0.0393. The van der Waals surface area contributed by atoms with Crippen molar-refractivity contribution in [2.45, 2.75) is 24.8 Å². The fraction of sp³-hybridized carbons (Fsp3) is 0.235. The summed E-state index contributed by atoms with van der Waals surface area (Å²) in [6.45, 7) is 3.99. The number of fused-ring (bicyclic) bond motifs is 2. The summed E-state index contributed by atoms with van der Waals surface area (Å²) in [5, 5.41) is 1.28. The maximum atomic E-state index is 14.5. The highest BCUT2D eigenvalue weighted by Gasteiger charge is 2.32. The molecule has 0 bridgehead atoms. The van der Waals surface area contributed by atoms with E-state index in [2.05, 4.69) is 4.98 Å². The van der Waals surface area contributed by atoms with E-state index in [1.165, 1.54) is 11.8 Å². The van der Waals surface area contributed by atoms with Gasteiger partial charge >= 0.3 is 6.09 Å². The summed E-state index contributed by atoms with van der Waals surface area (Å²) in [5.74, 6) is 0.708. The van der Waals surface area contributed by atoms with Gasteiger partial charge in [0.25, 0.3) is 5.56 Å². The minimum atomic E-state index is -0.432. The number of amides is 1. The molecule has 45 heavy (non-hydrogen) atoms. The first-order valence-corrected chi connectivity index (χ1v) is 15.9. The molecule has 1 amide bonds. The summed E-state index contributed by atoms with van der Waals surface area (Å²) in [6.07, 6.45) is 3.25. The Bertz CT molecular complexity index is 1930. The first-order chi connectivity index (χ1) is 22.0. The summed E-state index contributed by atoms with van der Waals surface area (Å²) >= 11 is 1.41. The number of benzene rings is 3. The van der Waals surface area contributed by atoms with Gasteiger partial charge in [-0.2, -0.15) is 0 Å². The van der Waals surface area contributed by atoms with Crippen LogP contribution in [0.2, 0.25) is 0 Å². The van der Waals surface area contributed by atoms with E-state index in [0.717, 1.165) is 16.8 Å². The largest absolute Gasteiger partial charge is 0.486 e. The number of rotatable bonds is 7. The summed E-state index contributed by atoms with van der Waals surface area (Å²) < 4.78 is 18.5. The molecule has 11 heteroatoms. The zero-order chi connectivity index (χ0) is 30.9. The van der Waals surface area contributed by atoms with E-state index in [-0.39, 0.29) is 18.3 Å². The maximum absolute atomic E-state index is 14.5. The van der Waals surface area contributed by atoms with Gasteiger partial charge in [0.15, 0.2) is 10.8 Å². The molecule has 4 heterocycles. The number of aromatic nitrogens is 3. The molecule has 1 saturated heterocycles. The highest BCUT2D eigenvalue weighted by molar-refractivity contribution is 7.98. The molecular weight excluding hydrogens is 590 g/mol. The Kier molecular flexibility index (Phi) is 7.86. The Morgan fingerprint density at radius 2 is 1.80 bits per heavy atom. The smallest absolute Gasteiger partial charge is 0.414 e. The highest BCUT2D eigenvalue weighted by Crippen LogP contribution is 2.40. The van der Waals surface area contributed by atoms with Crippen LogP contribution >= 0.6 is 11.8 Å². The van der Waals surface area contributed by atoms with Crippen LogP contribution in [-0.2, 0) is 16.1 Å². The van der Waals surface area contributed by atoms with Crippen molar-refractivity contribution in [3.05, 3.63) is 107 Å². The number of aryl methyl sites for hydroxylation is 1. The number of ether oxygens (including phenoxy) is 3. The van der Waals surface area contributed by atoms with Gasteiger partial charge in [-0.25, -0.2) is 14.8 Å². The Morgan fingerprint density at radius 3 is 2.53 bits per heavy atom. The molecular formula is C34H31N5O5S. The van der Waals surface area contributed by atoms with Crippen LogP contribution in [0.3, 0.4) is 0 Å². The third-order valence-corrected chi connectivity index (χ3v) is 8.49. The van der Waals surface area contributed by atoms with Crippen LogP contribution in [-0.4, -0.2) is 59.3 Å². The number of pyridine rings is 1. The Labute approximate surface area is 264 Å². The lowest BCUT2D eigenvalue weighted by atomic mass is 10.1. The second-order valence-corrected chi connectivity index (χ2v) is 11.6. The van der Waals surface area contributed by atoms with Crippen molar-refractivity contribution in [2.24, 2.45) is 0 Å². The standard InChI is InChI=1S/C34H31N5O5S/c1-22-7-6-10-28-30(22)38(34(41)43-19-23-8-4-3-5-9-23)16-15-37(28)29-17-24-18-35-33(45-2)36-31(24)39(32(29)40)25-11-13-26(14-12-25)44-27-20-42-21-27/h3-14,17-18,27H,15-16,19-21H2,1-2H3. The third-order valence-electron chi connectivity index (χ3n) is 7.93. The summed E-state index contributed by atoms with van der Waals surface area (Å²) in [5.41, 5.74) is 4.66. The second-order valence-electron chi connectivity index (χ2n) is 10.9. The zero-order valence-corrected chi connectivity index (χ0v) is 25.7. The number of para-hydroxylation sites is 1. The van der Waals surface area contributed by atoms with Gasteiger partial charge in [-0.15, -0.1) is 0 Å². The molecule has 2 aromatic heterocycles. The van der Waals surface area contributed by atoms with Crippen molar-refractivity contribution >= 4 is 46.0 Å². The van der Waals surface area contributed by atoms with Gasteiger partial charge in [-0.3, -0.25) is 14.3 Å². The molecule has 2 aliphatic rings. The van der Waals surface area contributed by atoms with Crippen molar-refractivity contribution in [2.75, 3.05) is 42.4 Å². The Morgan fingerprint density at radius 1 is 1.00 bits per heavy atom. The van der Waals surface area contributed by atoms with Crippen LogP contribution in [0.4, 0.5) is 21.9 Å². The average molecular weight is 622 g/mol. The molecule has 2 aliphatic heterocycles. The maximum Gasteiger partial charge on any atom is 0.414 e. The molecule has 1 fully saturated rings. The first-order valence-electron chi connectivity index (χ1n) is 14.7. The van der Waals surface area contributed by atoms with E-state index in [1.807, 2.05) is 96.9 Å². The van der Waals surface area contributed by atoms with Crippen LogP contribution in [0.5, 0.6) is 5.75 Å². The molecule has 0 N–H and O–H groups in total. The molecule has 0 aliphatic carbocycles. The number of carbonyl (C=O) groups is 1. The lowest BCUT2D eigenvalue weighted by Crippen LogP contribution is -2.44. The SMILES string of the molecule is CSc1ncc2cc(N3CCN(C(=O)OCc4ccccc4)c4c(C)cccc43)c(=O)n(-c3ccc(OC4COC4)cc3)c2n1. The van der Waals surface area contributed by atoms with Crippen LogP contribution in [0.1, 0.15) is 11.1 Å². The number of anilines is 3. The van der Waals surface area contributed by atoms with Gasteiger partial charge in [0, 0.05) is 24.7 Å². The van der Waals surface area contributed by atoms with E-state index in [4.69, 9.17) is 19.2 Å². The van der Waals surface area contributed by atoms with Crippen LogP contribution in [0.15, 0.2) is 95.0 Å². The van der Waals surface area contributed by atoms with Gasteiger partial charge in [0.05, 0.1) is 30.3 Å². The van der Waals surface area contributed by atoms with Crippen LogP contribution in [0.25, 0.3) is 16.7 Å². The van der Waals surface area contributed by atoms with Crippen molar-refractivity contribution in [1.29, 1.82) is 0 Å². The zero-order valence-electron chi connectivity index (χ0n) is 24.9. The van der Waals surface area contributed by atoms with Gasteiger partial charge < -0.3 is 19.1 Å². The van der Waals surface area contributed by atoms with E-state index in [1.54, 1.807) is 15.7 Å². The summed E-state index contributed by atoms with van der Waals surface area (Å²) in [4.78, 5) is 40.7. The van der Waals surface area contributed by atoms with Crippen molar-refractivity contribution in [3.63, 3.8) is 0 Å². The van der Waals surface area contributed by atoms with Crippen molar-refractivity contribution in [3.8, 4) is 11.4 Å². The second kappa shape index (κ2) is 12.3. The number of hydrogen-bond donors (Lipinski definition) is 0. The van der Waals surface area contributed by atoms with Gasteiger partial charge in [-0.1, -0.05) is 54.2 Å². The first kappa shape index (κ1) is 28.9. The molecule has 0 saturated carbocycles. The molecule has 5 aromatic rings. The fourth-order valence-corrected chi connectivity index (χ4v) is 5.96. The fourth-order valence-electron chi connectivity index (χ4n) is 5.62. The molecule has 0 unspecified atom stereocenters. The lowest BCUT2D eigenvalue weighted by molar-refractivity contribution is -0.0796. The molecule has 0 atom stereocenters. The van der Waals surface area contributed by atoms with E-state index in [9.17, 15) is 9.59 Å². The predicted molar refractivity (Wildman–Crippen MR) is 174 cm³/mol. The van der Waals surface area contributed by atoms with Crippen molar-refractivity contribution < 1.29 is 19.0 Å².